The summed E-state index contributed by atoms with van der Waals surface area (Å²) in [7, 11) is 0. The molecule has 5 nitrogen and oxygen atoms in total. The Morgan fingerprint density at radius 2 is 1.74 bits per heavy atom. The number of piperidine rings is 1. The van der Waals surface area contributed by atoms with Gasteiger partial charge in [0.15, 0.2) is 6.10 Å². The first-order chi connectivity index (χ1) is 13.1. The van der Waals surface area contributed by atoms with E-state index in [0.29, 0.717) is 24.3 Å². The van der Waals surface area contributed by atoms with Gasteiger partial charge < -0.3 is 15.7 Å². The second-order valence-electron chi connectivity index (χ2n) is 7.07. The zero-order chi connectivity index (χ0) is 18.8. The van der Waals surface area contributed by atoms with E-state index in [9.17, 15) is 9.90 Å². The molecule has 2 heterocycles. The van der Waals surface area contributed by atoms with Crippen molar-refractivity contribution in [3.63, 3.8) is 0 Å². The Balaban J connectivity index is 1.46. The summed E-state index contributed by atoms with van der Waals surface area (Å²) in [5.41, 5.74) is 9.46. The van der Waals surface area contributed by atoms with Crippen molar-refractivity contribution in [1.29, 1.82) is 0 Å². The average molecular weight is 361 g/mol. The third-order valence-corrected chi connectivity index (χ3v) is 5.33. The molecule has 5 heteroatoms. The Morgan fingerprint density at radius 1 is 1.07 bits per heavy atom. The van der Waals surface area contributed by atoms with Gasteiger partial charge in [-0.3, -0.25) is 9.78 Å². The van der Waals surface area contributed by atoms with Gasteiger partial charge in [0, 0.05) is 24.4 Å². The predicted octanol–water partition coefficient (Wildman–Crippen LogP) is 3.26. The Labute approximate surface area is 158 Å². The molecule has 3 N–H and O–H groups in total. The van der Waals surface area contributed by atoms with Crippen LogP contribution in [0.3, 0.4) is 0 Å². The third kappa shape index (κ3) is 3.51. The molecule has 0 bridgehead atoms. The number of hydrogen-bond donors (Lipinski definition) is 2. The summed E-state index contributed by atoms with van der Waals surface area (Å²) in [5, 5.41) is 11.4. The van der Waals surface area contributed by atoms with Gasteiger partial charge in [0.1, 0.15) is 0 Å². The summed E-state index contributed by atoms with van der Waals surface area (Å²) in [6, 6.07) is 19.0. The number of aromatic nitrogens is 1. The fourth-order valence-corrected chi connectivity index (χ4v) is 3.80. The number of carbonyl (C=O) groups excluding carboxylic acids is 1. The van der Waals surface area contributed by atoms with Gasteiger partial charge in [-0.2, -0.15) is 0 Å². The molecule has 1 aromatic heterocycles. The van der Waals surface area contributed by atoms with E-state index in [2.05, 4.69) is 0 Å². The first kappa shape index (κ1) is 17.5. The number of amides is 1. The second-order valence-corrected chi connectivity index (χ2v) is 7.07. The topological polar surface area (TPSA) is 79.5 Å². The molecule has 27 heavy (non-hydrogen) atoms. The van der Waals surface area contributed by atoms with Crippen molar-refractivity contribution < 1.29 is 9.90 Å². The quantitative estimate of drug-likeness (QED) is 0.750. The molecular formula is C22H23N3O2. The molecule has 0 spiro atoms. The Hall–Kier alpha value is -2.92. The number of rotatable bonds is 3. The lowest BCUT2D eigenvalue weighted by atomic mass is 9.91. The molecule has 4 rings (SSSR count). The lowest BCUT2D eigenvalue weighted by Crippen LogP contribution is -2.40. The lowest BCUT2D eigenvalue weighted by Gasteiger charge is -2.33. The van der Waals surface area contributed by atoms with Crippen LogP contribution < -0.4 is 5.73 Å². The number of nitrogens with zero attached hydrogens (tertiary/aromatic N) is 2. The summed E-state index contributed by atoms with van der Waals surface area (Å²) < 4.78 is 0. The number of nitrogens with two attached hydrogens (primary N) is 1. The minimum atomic E-state index is -1.10. The Bertz CT molecular complexity index is 950. The standard InChI is InChI=1S/C22H23N3O2/c23-18-14-17-8-4-5-9-19(17)24-20(18)15-10-12-25(13-11-15)22(27)21(26)16-6-2-1-3-7-16/h1-9,14-15,21,26H,10-13,23H2. The van der Waals surface area contributed by atoms with Gasteiger partial charge in [-0.25, -0.2) is 0 Å². The lowest BCUT2D eigenvalue weighted by molar-refractivity contribution is -0.141. The average Bonchev–Trinajstić information content (AvgIpc) is 2.73. The van der Waals surface area contributed by atoms with Gasteiger partial charge in [0.25, 0.3) is 5.91 Å². The van der Waals surface area contributed by atoms with Crippen molar-refractivity contribution in [1.82, 2.24) is 9.88 Å². The van der Waals surface area contributed by atoms with Crippen LogP contribution in [0, 0.1) is 0 Å². The number of fused-ring (bicyclic) bond motifs is 1. The number of likely N-dealkylation sites (tertiary alicyclic amines) is 1. The molecule has 3 aromatic rings. The monoisotopic (exact) mass is 361 g/mol. The number of anilines is 1. The minimum Gasteiger partial charge on any atom is -0.397 e. The zero-order valence-corrected chi connectivity index (χ0v) is 15.1. The van der Waals surface area contributed by atoms with E-state index in [0.717, 1.165) is 29.4 Å². The van der Waals surface area contributed by atoms with Crippen LogP contribution in [0.15, 0.2) is 60.7 Å². The van der Waals surface area contributed by atoms with Crippen LogP contribution in [0.5, 0.6) is 0 Å². The van der Waals surface area contributed by atoms with Crippen LogP contribution in [-0.2, 0) is 4.79 Å². The smallest absolute Gasteiger partial charge is 0.256 e. The largest absolute Gasteiger partial charge is 0.397 e. The molecule has 1 amide bonds. The van der Waals surface area contributed by atoms with Gasteiger partial charge in [-0.15, -0.1) is 0 Å². The van der Waals surface area contributed by atoms with Crippen molar-refractivity contribution in [3.05, 3.63) is 71.9 Å². The highest BCUT2D eigenvalue weighted by molar-refractivity contribution is 5.83. The van der Waals surface area contributed by atoms with E-state index >= 15 is 0 Å². The number of nitrogen functional groups attached to an aromatic ring is 1. The van der Waals surface area contributed by atoms with Crippen molar-refractivity contribution in [2.75, 3.05) is 18.8 Å². The summed E-state index contributed by atoms with van der Waals surface area (Å²) in [4.78, 5) is 19.1. The number of benzene rings is 2. The van der Waals surface area contributed by atoms with Crippen LogP contribution in [0.4, 0.5) is 5.69 Å². The molecule has 1 unspecified atom stereocenters. The van der Waals surface area contributed by atoms with Gasteiger partial charge in [0.2, 0.25) is 0 Å². The first-order valence-electron chi connectivity index (χ1n) is 9.30. The highest BCUT2D eigenvalue weighted by Gasteiger charge is 2.29. The number of hydrogen-bond acceptors (Lipinski definition) is 4. The first-order valence-corrected chi connectivity index (χ1v) is 9.30. The van der Waals surface area contributed by atoms with Crippen molar-refractivity contribution >= 4 is 22.5 Å². The molecule has 1 saturated heterocycles. The molecule has 0 radical (unpaired) electrons. The van der Waals surface area contributed by atoms with Crippen LogP contribution in [0.2, 0.25) is 0 Å². The van der Waals surface area contributed by atoms with Crippen LogP contribution in [0.1, 0.15) is 36.1 Å². The minimum absolute atomic E-state index is 0.229. The van der Waals surface area contributed by atoms with E-state index in [1.807, 2.05) is 48.5 Å². The second kappa shape index (κ2) is 7.37. The van der Waals surface area contributed by atoms with Crippen molar-refractivity contribution in [3.8, 4) is 0 Å². The molecule has 0 saturated carbocycles. The highest BCUT2D eigenvalue weighted by Crippen LogP contribution is 2.33. The number of aliphatic hydroxyl groups excluding tert-OH is 1. The van der Waals surface area contributed by atoms with Gasteiger partial charge in [-0.05, 0) is 30.5 Å². The summed E-state index contributed by atoms with van der Waals surface area (Å²) in [6.07, 6.45) is 0.484. The number of pyridine rings is 1. The molecule has 0 aliphatic carbocycles. The maximum Gasteiger partial charge on any atom is 0.256 e. The van der Waals surface area contributed by atoms with Crippen LogP contribution in [-0.4, -0.2) is 34.0 Å². The molecule has 2 aromatic carbocycles. The summed E-state index contributed by atoms with van der Waals surface area (Å²) >= 11 is 0. The summed E-state index contributed by atoms with van der Waals surface area (Å²) in [5.74, 6) is -0.00776. The van der Waals surface area contributed by atoms with Gasteiger partial charge in [-0.1, -0.05) is 48.5 Å². The van der Waals surface area contributed by atoms with Gasteiger partial charge in [0.05, 0.1) is 16.9 Å². The molecule has 1 aliphatic rings. The molecule has 1 aliphatic heterocycles. The Morgan fingerprint density at radius 3 is 2.48 bits per heavy atom. The zero-order valence-electron chi connectivity index (χ0n) is 15.1. The number of carbonyl (C=O) groups is 1. The fourth-order valence-electron chi connectivity index (χ4n) is 3.80. The Kier molecular flexibility index (Phi) is 4.77. The van der Waals surface area contributed by atoms with Crippen molar-refractivity contribution in [2.45, 2.75) is 24.9 Å². The SMILES string of the molecule is Nc1cc2ccccc2nc1C1CCN(C(=O)C(O)c2ccccc2)CC1. The van der Waals surface area contributed by atoms with Crippen LogP contribution >= 0.6 is 0 Å². The molecule has 1 fully saturated rings. The van der Waals surface area contributed by atoms with E-state index in [4.69, 9.17) is 10.7 Å². The third-order valence-electron chi connectivity index (χ3n) is 5.33. The summed E-state index contributed by atoms with van der Waals surface area (Å²) in [6.45, 7) is 1.20. The van der Waals surface area contributed by atoms with E-state index in [1.54, 1.807) is 17.0 Å². The number of para-hydroxylation sites is 1. The molecule has 138 valence electrons. The predicted molar refractivity (Wildman–Crippen MR) is 106 cm³/mol. The van der Waals surface area contributed by atoms with E-state index < -0.39 is 6.10 Å². The van der Waals surface area contributed by atoms with E-state index in [-0.39, 0.29) is 11.8 Å². The van der Waals surface area contributed by atoms with Crippen LogP contribution in [0.25, 0.3) is 10.9 Å². The van der Waals surface area contributed by atoms with E-state index in [1.165, 1.54) is 0 Å². The number of aliphatic hydroxyl groups is 1. The molecular weight excluding hydrogens is 338 g/mol. The highest BCUT2D eigenvalue weighted by atomic mass is 16.3. The maximum absolute atomic E-state index is 12.6. The van der Waals surface area contributed by atoms with Gasteiger partial charge >= 0.3 is 0 Å². The maximum atomic E-state index is 12.6. The fraction of sp³-hybridized carbons (Fsp3) is 0.273. The normalized spacial score (nSPS) is 16.4. The van der Waals surface area contributed by atoms with Crippen molar-refractivity contribution in [2.24, 2.45) is 0 Å². The molecule has 1 atom stereocenters.